The molecule has 0 atom stereocenters. The Morgan fingerprint density at radius 3 is 2.65 bits per heavy atom. The van der Waals surface area contributed by atoms with E-state index in [-0.39, 0.29) is 0 Å². The number of nitrogens with zero attached hydrogens (tertiary/aromatic N) is 3. The van der Waals surface area contributed by atoms with Crippen LogP contribution in [0.15, 0.2) is 36.4 Å². The van der Waals surface area contributed by atoms with Crippen LogP contribution < -0.4 is 4.74 Å². The van der Waals surface area contributed by atoms with E-state index in [4.69, 9.17) is 4.74 Å². The predicted molar refractivity (Wildman–Crippen MR) is 79.1 cm³/mol. The second kappa shape index (κ2) is 4.28. The van der Waals surface area contributed by atoms with Crippen molar-refractivity contribution < 1.29 is 4.74 Å². The molecule has 0 saturated carbocycles. The molecule has 0 aliphatic rings. The molecule has 0 spiro atoms. The van der Waals surface area contributed by atoms with Gasteiger partial charge in [0, 0.05) is 17.3 Å². The first-order chi connectivity index (χ1) is 9.85. The molecule has 98 valence electrons. The Balaban J connectivity index is 1.90. The van der Waals surface area contributed by atoms with Crippen LogP contribution in [0.5, 0.6) is 5.75 Å². The van der Waals surface area contributed by atoms with Crippen LogP contribution in [0.2, 0.25) is 0 Å². The number of fused-ring (bicyclic) bond motifs is 3. The number of aromatic nitrogens is 4. The van der Waals surface area contributed by atoms with Gasteiger partial charge < -0.3 is 4.74 Å². The summed E-state index contributed by atoms with van der Waals surface area (Å²) in [4.78, 5) is 9.18. The maximum absolute atomic E-state index is 5.16. The maximum atomic E-state index is 5.16. The van der Waals surface area contributed by atoms with Crippen LogP contribution in [-0.2, 0) is 0 Å². The Morgan fingerprint density at radius 1 is 1.00 bits per heavy atom. The number of hydrogen-bond acceptors (Lipinski definition) is 5. The number of H-pyrrole nitrogens is 1. The molecule has 0 saturated heterocycles. The number of hydrogen-bond donors (Lipinski definition) is 1. The fourth-order valence-corrected chi connectivity index (χ4v) is 2.76. The Labute approximate surface area is 118 Å². The SMILES string of the molecule is COc1ccc(-c2nc3ccc4[nH]snc4c3n2)cc1. The number of methoxy groups -OCH3 is 1. The lowest BCUT2D eigenvalue weighted by molar-refractivity contribution is 0.415. The first-order valence-electron chi connectivity index (χ1n) is 6.10. The largest absolute Gasteiger partial charge is 0.497 e. The van der Waals surface area contributed by atoms with Gasteiger partial charge in [0.2, 0.25) is 0 Å². The molecule has 5 nitrogen and oxygen atoms in total. The highest BCUT2D eigenvalue weighted by atomic mass is 32.1. The van der Waals surface area contributed by atoms with Gasteiger partial charge in [-0.2, -0.15) is 4.37 Å². The minimum atomic E-state index is 0.711. The second-order valence-corrected chi connectivity index (χ2v) is 4.96. The summed E-state index contributed by atoms with van der Waals surface area (Å²) in [5, 5.41) is 0. The Morgan fingerprint density at radius 2 is 1.85 bits per heavy atom. The highest BCUT2D eigenvalue weighted by molar-refractivity contribution is 7.00. The molecule has 1 N–H and O–H groups in total. The Kier molecular flexibility index (Phi) is 2.43. The maximum Gasteiger partial charge on any atom is 0.160 e. The van der Waals surface area contributed by atoms with E-state index in [1.807, 2.05) is 36.4 Å². The van der Waals surface area contributed by atoms with Gasteiger partial charge in [-0.05, 0) is 36.4 Å². The van der Waals surface area contributed by atoms with Gasteiger partial charge in [0.25, 0.3) is 0 Å². The van der Waals surface area contributed by atoms with E-state index in [1.54, 1.807) is 7.11 Å². The fourth-order valence-electron chi connectivity index (χ4n) is 2.18. The molecule has 2 aromatic heterocycles. The summed E-state index contributed by atoms with van der Waals surface area (Å²) < 4.78 is 12.6. The number of ether oxygens (including phenoxy) is 1. The highest BCUT2D eigenvalue weighted by Crippen LogP contribution is 2.26. The van der Waals surface area contributed by atoms with E-state index in [0.717, 1.165) is 33.4 Å². The first-order valence-corrected chi connectivity index (χ1v) is 6.87. The molecule has 6 heteroatoms. The van der Waals surface area contributed by atoms with E-state index in [2.05, 4.69) is 18.7 Å². The molecule has 4 rings (SSSR count). The highest BCUT2D eigenvalue weighted by Gasteiger charge is 2.11. The van der Waals surface area contributed by atoms with Crippen molar-refractivity contribution >= 4 is 33.8 Å². The summed E-state index contributed by atoms with van der Waals surface area (Å²) in [6, 6.07) is 11.7. The first kappa shape index (κ1) is 11.4. The molecule has 2 heterocycles. The Bertz CT molecular complexity index is 894. The van der Waals surface area contributed by atoms with Crippen molar-refractivity contribution in [1.29, 1.82) is 0 Å². The van der Waals surface area contributed by atoms with Gasteiger partial charge in [0.05, 0.1) is 18.1 Å². The number of nitrogens with one attached hydrogen (secondary N) is 1. The van der Waals surface area contributed by atoms with Gasteiger partial charge in [-0.3, -0.25) is 4.37 Å². The van der Waals surface area contributed by atoms with Gasteiger partial charge in [-0.25, -0.2) is 9.97 Å². The van der Waals surface area contributed by atoms with Crippen LogP contribution in [-0.4, -0.2) is 25.8 Å². The van der Waals surface area contributed by atoms with E-state index in [0.29, 0.717) is 5.82 Å². The monoisotopic (exact) mass is 282 g/mol. The van der Waals surface area contributed by atoms with Crippen LogP contribution in [0.4, 0.5) is 0 Å². The zero-order valence-corrected chi connectivity index (χ0v) is 11.4. The summed E-state index contributed by atoms with van der Waals surface area (Å²) in [6.07, 6.45) is 0. The van der Waals surface area contributed by atoms with Crippen LogP contribution >= 0.6 is 11.7 Å². The lowest BCUT2D eigenvalue weighted by Crippen LogP contribution is -1.83. The molecule has 0 aliphatic carbocycles. The zero-order chi connectivity index (χ0) is 13.5. The number of imidazole rings is 1. The van der Waals surface area contributed by atoms with E-state index < -0.39 is 0 Å². The lowest BCUT2D eigenvalue weighted by Gasteiger charge is -1.99. The minimum absolute atomic E-state index is 0.711. The normalized spacial score (nSPS) is 11.2. The van der Waals surface area contributed by atoms with Crippen molar-refractivity contribution in [1.82, 2.24) is 18.7 Å². The third-order valence-electron chi connectivity index (χ3n) is 3.21. The molecule has 20 heavy (non-hydrogen) atoms. The van der Waals surface area contributed by atoms with E-state index in [9.17, 15) is 0 Å². The zero-order valence-electron chi connectivity index (χ0n) is 10.6. The average molecular weight is 282 g/mol. The molecule has 2 aromatic carbocycles. The van der Waals surface area contributed by atoms with Gasteiger partial charge in [0.1, 0.15) is 16.8 Å². The van der Waals surface area contributed by atoms with Crippen molar-refractivity contribution in [2.75, 3.05) is 7.11 Å². The van der Waals surface area contributed by atoms with Gasteiger partial charge >= 0.3 is 0 Å². The van der Waals surface area contributed by atoms with Crippen molar-refractivity contribution in [2.24, 2.45) is 0 Å². The molecule has 0 radical (unpaired) electrons. The van der Waals surface area contributed by atoms with Crippen LogP contribution in [0.3, 0.4) is 0 Å². The van der Waals surface area contributed by atoms with E-state index in [1.165, 1.54) is 11.7 Å². The molecule has 0 bridgehead atoms. The van der Waals surface area contributed by atoms with Crippen molar-refractivity contribution in [3.8, 4) is 17.1 Å². The van der Waals surface area contributed by atoms with Crippen LogP contribution in [0, 0.1) is 0 Å². The average Bonchev–Trinajstić information content (AvgIpc) is 3.12. The van der Waals surface area contributed by atoms with Crippen molar-refractivity contribution in [2.45, 2.75) is 0 Å². The quantitative estimate of drug-likeness (QED) is 0.613. The van der Waals surface area contributed by atoms with E-state index >= 15 is 0 Å². The smallest absolute Gasteiger partial charge is 0.160 e. The summed E-state index contributed by atoms with van der Waals surface area (Å²) in [5.41, 5.74) is 4.53. The number of aromatic amines is 1. The van der Waals surface area contributed by atoms with Crippen LogP contribution in [0.1, 0.15) is 0 Å². The van der Waals surface area contributed by atoms with Crippen molar-refractivity contribution in [3.05, 3.63) is 36.4 Å². The molecule has 4 aromatic rings. The third kappa shape index (κ3) is 1.65. The molecule has 0 fully saturated rings. The van der Waals surface area contributed by atoms with Gasteiger partial charge in [0.15, 0.2) is 5.82 Å². The molecular weight excluding hydrogens is 272 g/mol. The number of benzene rings is 2. The number of rotatable bonds is 2. The second-order valence-electron chi connectivity index (χ2n) is 4.39. The molecular formula is C14H10N4OS. The fraction of sp³-hybridized carbons (Fsp3) is 0.0714. The standard InChI is InChI=1S/C14H10N4OS/c1-19-9-4-2-8(3-5-9)14-15-10-6-7-11-13(12(10)16-14)18-20-17-11/h2-7,17H,1H3. The van der Waals surface area contributed by atoms with Gasteiger partial charge in [-0.15, -0.1) is 0 Å². The summed E-state index contributed by atoms with van der Waals surface area (Å²) in [5.74, 6) is 1.53. The summed E-state index contributed by atoms with van der Waals surface area (Å²) in [7, 11) is 1.65. The third-order valence-corrected chi connectivity index (χ3v) is 3.80. The molecule has 0 aliphatic heterocycles. The summed E-state index contributed by atoms with van der Waals surface area (Å²) in [6.45, 7) is 0. The molecule has 0 amide bonds. The van der Waals surface area contributed by atoms with Crippen molar-refractivity contribution in [3.63, 3.8) is 0 Å². The minimum Gasteiger partial charge on any atom is -0.497 e. The summed E-state index contributed by atoms with van der Waals surface area (Å²) >= 11 is 1.32. The van der Waals surface area contributed by atoms with Gasteiger partial charge in [-0.1, -0.05) is 0 Å². The predicted octanol–water partition coefficient (Wildman–Crippen LogP) is 3.24. The molecule has 0 unspecified atom stereocenters. The lowest BCUT2D eigenvalue weighted by atomic mass is 10.2. The topological polar surface area (TPSA) is 63.7 Å². The van der Waals surface area contributed by atoms with Crippen LogP contribution in [0.25, 0.3) is 33.5 Å². The Hall–Kier alpha value is -2.47.